The monoisotopic (exact) mass is 409 g/mol. The van der Waals surface area contributed by atoms with Gasteiger partial charge in [-0.1, -0.05) is 17.7 Å². The smallest absolute Gasteiger partial charge is 0.123 e. The molecule has 0 bridgehead atoms. The van der Waals surface area contributed by atoms with E-state index in [9.17, 15) is 4.39 Å². The van der Waals surface area contributed by atoms with Crippen LogP contribution in [0.4, 0.5) is 10.1 Å². The van der Waals surface area contributed by atoms with Crippen molar-refractivity contribution in [3.8, 4) is 5.75 Å². The molecule has 2 aliphatic rings. The normalized spacial score (nSPS) is 18.6. The molecule has 0 atom stereocenters. The van der Waals surface area contributed by atoms with Gasteiger partial charge in [0.15, 0.2) is 0 Å². The summed E-state index contributed by atoms with van der Waals surface area (Å²) >= 11 is 0. The summed E-state index contributed by atoms with van der Waals surface area (Å²) in [5.41, 5.74) is 5.14. The van der Waals surface area contributed by atoms with Gasteiger partial charge in [-0.25, -0.2) is 4.39 Å². The second-order valence-electron chi connectivity index (χ2n) is 8.38. The van der Waals surface area contributed by atoms with Crippen molar-refractivity contribution in [2.75, 3.05) is 50.8 Å². The summed E-state index contributed by atoms with van der Waals surface area (Å²) in [4.78, 5) is 7.30. The lowest BCUT2D eigenvalue weighted by molar-refractivity contribution is 0.239. The highest BCUT2D eigenvalue weighted by Crippen LogP contribution is 2.26. The largest absolute Gasteiger partial charge is 0.492 e. The van der Waals surface area contributed by atoms with Gasteiger partial charge in [-0.2, -0.15) is 0 Å². The molecule has 160 valence electrons. The zero-order valence-corrected chi connectivity index (χ0v) is 18.1. The number of hydrogen-bond donors (Lipinski definition) is 0. The minimum atomic E-state index is -0.177. The van der Waals surface area contributed by atoms with Gasteiger partial charge in [0, 0.05) is 63.6 Å². The average Bonchev–Trinajstić information content (AvgIpc) is 2.96. The van der Waals surface area contributed by atoms with E-state index in [1.165, 1.54) is 16.7 Å². The second-order valence-corrected chi connectivity index (χ2v) is 8.38. The van der Waals surface area contributed by atoms with Crippen molar-refractivity contribution >= 4 is 5.69 Å². The lowest BCUT2D eigenvalue weighted by Gasteiger charge is -2.36. The number of fused-ring (bicyclic) bond motifs is 1. The number of anilines is 1. The van der Waals surface area contributed by atoms with E-state index in [-0.39, 0.29) is 5.82 Å². The molecule has 0 spiro atoms. The maximum atomic E-state index is 13.2. The van der Waals surface area contributed by atoms with E-state index in [0.29, 0.717) is 0 Å². The van der Waals surface area contributed by atoms with Crippen molar-refractivity contribution < 1.29 is 9.13 Å². The first-order chi connectivity index (χ1) is 14.6. The Morgan fingerprint density at radius 3 is 2.50 bits per heavy atom. The molecule has 0 unspecified atom stereocenters. The third-order valence-corrected chi connectivity index (χ3v) is 6.12. The van der Waals surface area contributed by atoms with Gasteiger partial charge >= 0.3 is 0 Å². The number of benzene rings is 2. The van der Waals surface area contributed by atoms with E-state index in [0.717, 1.165) is 70.4 Å². The third-order valence-electron chi connectivity index (χ3n) is 6.12. The van der Waals surface area contributed by atoms with E-state index < -0.39 is 0 Å². The van der Waals surface area contributed by atoms with Crippen LogP contribution >= 0.6 is 0 Å². The maximum absolute atomic E-state index is 13.2. The molecule has 0 radical (unpaired) electrons. The topological polar surface area (TPSA) is 19.0 Å². The first-order valence-electron chi connectivity index (χ1n) is 10.9. The Morgan fingerprint density at radius 1 is 1.00 bits per heavy atom. The number of allylic oxidation sites excluding steroid dienone is 1. The fourth-order valence-electron chi connectivity index (χ4n) is 4.25. The molecule has 2 aromatic rings. The summed E-state index contributed by atoms with van der Waals surface area (Å²) in [6.07, 6.45) is 2.19. The molecule has 5 heteroatoms. The molecular weight excluding hydrogens is 377 g/mol. The molecule has 0 amide bonds. The molecule has 4 rings (SSSR count). The van der Waals surface area contributed by atoms with Crippen LogP contribution in [-0.2, 0) is 13.1 Å². The Balaban J connectivity index is 1.36. The van der Waals surface area contributed by atoms with Crippen LogP contribution in [0.1, 0.15) is 25.0 Å². The van der Waals surface area contributed by atoms with Gasteiger partial charge in [-0.05, 0) is 55.8 Å². The Bertz CT molecular complexity index is 872. The van der Waals surface area contributed by atoms with E-state index in [1.807, 2.05) is 12.1 Å². The highest BCUT2D eigenvalue weighted by molar-refractivity contribution is 5.46. The number of halogens is 1. The maximum Gasteiger partial charge on any atom is 0.123 e. The SMILES string of the molecule is C/C=C(\C)CN1CCOc2ccc(CN3CCN(c4ccc(F)cc4)CC3)cc2C1. The van der Waals surface area contributed by atoms with Crippen molar-refractivity contribution in [2.45, 2.75) is 26.9 Å². The molecule has 2 heterocycles. The zero-order valence-electron chi connectivity index (χ0n) is 18.1. The summed E-state index contributed by atoms with van der Waals surface area (Å²) < 4.78 is 19.2. The van der Waals surface area contributed by atoms with Gasteiger partial charge < -0.3 is 9.64 Å². The van der Waals surface area contributed by atoms with Gasteiger partial charge in [-0.3, -0.25) is 9.80 Å². The quantitative estimate of drug-likeness (QED) is 0.685. The van der Waals surface area contributed by atoms with Gasteiger partial charge in [0.05, 0.1) is 0 Å². The summed E-state index contributed by atoms with van der Waals surface area (Å²) in [7, 11) is 0. The lowest BCUT2D eigenvalue weighted by atomic mass is 10.1. The first-order valence-corrected chi connectivity index (χ1v) is 10.9. The van der Waals surface area contributed by atoms with Crippen LogP contribution in [0.2, 0.25) is 0 Å². The van der Waals surface area contributed by atoms with Crippen molar-refractivity contribution in [3.63, 3.8) is 0 Å². The van der Waals surface area contributed by atoms with E-state index >= 15 is 0 Å². The fraction of sp³-hybridized carbons (Fsp3) is 0.440. The number of nitrogens with zero attached hydrogens (tertiary/aromatic N) is 3. The standard InChI is InChI=1S/C25H32FN3O/c1-3-20(2)17-28-14-15-30-25-9-4-21(16-22(25)19-28)18-27-10-12-29(13-11-27)24-7-5-23(26)6-8-24/h3-9,16H,10-15,17-19H2,1-2H3/b20-3+. The minimum absolute atomic E-state index is 0.177. The van der Waals surface area contributed by atoms with Gasteiger partial charge in [0.1, 0.15) is 18.2 Å². The number of hydrogen-bond acceptors (Lipinski definition) is 4. The predicted molar refractivity (Wildman–Crippen MR) is 121 cm³/mol. The zero-order chi connectivity index (χ0) is 20.9. The Kier molecular flexibility index (Phi) is 6.70. The molecule has 1 saturated heterocycles. The van der Waals surface area contributed by atoms with Crippen LogP contribution < -0.4 is 9.64 Å². The lowest BCUT2D eigenvalue weighted by Crippen LogP contribution is -2.45. The summed E-state index contributed by atoms with van der Waals surface area (Å²) in [6, 6.07) is 13.5. The van der Waals surface area contributed by atoms with Crippen LogP contribution in [-0.4, -0.2) is 55.7 Å². The third kappa shape index (κ3) is 5.21. The summed E-state index contributed by atoms with van der Waals surface area (Å²) in [6.45, 7) is 12.8. The number of rotatable bonds is 5. The molecule has 0 aromatic heterocycles. The van der Waals surface area contributed by atoms with Gasteiger partial charge in [-0.15, -0.1) is 0 Å². The average molecular weight is 410 g/mol. The Morgan fingerprint density at radius 2 is 1.77 bits per heavy atom. The molecule has 30 heavy (non-hydrogen) atoms. The highest BCUT2D eigenvalue weighted by Gasteiger charge is 2.19. The molecule has 2 aromatic carbocycles. The van der Waals surface area contributed by atoms with E-state index in [1.54, 1.807) is 12.1 Å². The van der Waals surface area contributed by atoms with Crippen molar-refractivity contribution in [3.05, 3.63) is 71.1 Å². The molecule has 2 aliphatic heterocycles. The van der Waals surface area contributed by atoms with Crippen molar-refractivity contribution in [1.29, 1.82) is 0 Å². The van der Waals surface area contributed by atoms with E-state index in [4.69, 9.17) is 4.74 Å². The molecule has 0 N–H and O–H groups in total. The van der Waals surface area contributed by atoms with E-state index in [2.05, 4.69) is 52.8 Å². The first kappa shape index (κ1) is 20.9. The molecule has 4 nitrogen and oxygen atoms in total. The van der Waals surface area contributed by atoms with Crippen LogP contribution in [0, 0.1) is 5.82 Å². The minimum Gasteiger partial charge on any atom is -0.492 e. The second kappa shape index (κ2) is 9.63. The Hall–Kier alpha value is -2.37. The molecule has 0 saturated carbocycles. The molecule has 0 aliphatic carbocycles. The van der Waals surface area contributed by atoms with Crippen LogP contribution in [0.3, 0.4) is 0 Å². The van der Waals surface area contributed by atoms with Crippen molar-refractivity contribution in [1.82, 2.24) is 9.80 Å². The number of ether oxygens (including phenoxy) is 1. The fourth-order valence-corrected chi connectivity index (χ4v) is 4.25. The van der Waals surface area contributed by atoms with Crippen LogP contribution in [0.15, 0.2) is 54.1 Å². The predicted octanol–water partition coefficient (Wildman–Crippen LogP) is 4.31. The molecular formula is C25H32FN3O. The van der Waals surface area contributed by atoms with Gasteiger partial charge in [0.2, 0.25) is 0 Å². The van der Waals surface area contributed by atoms with Crippen LogP contribution in [0.25, 0.3) is 0 Å². The van der Waals surface area contributed by atoms with Gasteiger partial charge in [0.25, 0.3) is 0 Å². The molecule has 1 fully saturated rings. The number of piperazine rings is 1. The summed E-state index contributed by atoms with van der Waals surface area (Å²) in [5.74, 6) is 0.851. The summed E-state index contributed by atoms with van der Waals surface area (Å²) in [5, 5.41) is 0. The Labute approximate surface area is 179 Å². The highest BCUT2D eigenvalue weighted by atomic mass is 19.1. The van der Waals surface area contributed by atoms with Crippen LogP contribution in [0.5, 0.6) is 5.75 Å². The van der Waals surface area contributed by atoms with Crippen molar-refractivity contribution in [2.24, 2.45) is 0 Å².